The Morgan fingerprint density at radius 2 is 0.913 bits per heavy atom. The Morgan fingerprint density at radius 1 is 0.609 bits per heavy atom. The highest BCUT2D eigenvalue weighted by atomic mass is 35.5. The first-order chi connectivity index (χ1) is 10.9. The average molecular weight is 359 g/mol. The molecule has 0 unspecified atom stereocenters. The van der Waals surface area contributed by atoms with E-state index in [-0.39, 0.29) is 12.4 Å². The standard InChI is InChI=1S/C20H20PS.ClH/c1-22-17-21(18-11-5-2-6-12-18,19-13-7-3-8-14-19)20-15-9-4-10-16-20;/h2-16H,17H2,1H3;1H/q+1;/p-1. The molecule has 0 bridgehead atoms. The van der Waals surface area contributed by atoms with Crippen LogP contribution < -0.4 is 28.3 Å². The summed E-state index contributed by atoms with van der Waals surface area (Å²) in [7, 11) is -1.59. The number of hydrogen-bond acceptors (Lipinski definition) is 1. The molecule has 3 rings (SSSR count). The molecule has 0 saturated carbocycles. The molecule has 118 valence electrons. The lowest BCUT2D eigenvalue weighted by atomic mass is 10.4. The topological polar surface area (TPSA) is 0 Å². The zero-order valence-corrected chi connectivity index (χ0v) is 15.6. The van der Waals surface area contributed by atoms with Gasteiger partial charge in [0.1, 0.15) is 28.7 Å². The van der Waals surface area contributed by atoms with Crippen LogP contribution in [-0.4, -0.2) is 11.7 Å². The first-order valence-corrected chi connectivity index (χ1v) is 10.8. The van der Waals surface area contributed by atoms with Crippen molar-refractivity contribution >= 4 is 34.9 Å². The molecule has 3 heteroatoms. The van der Waals surface area contributed by atoms with E-state index in [0.29, 0.717) is 0 Å². The van der Waals surface area contributed by atoms with Crippen LogP contribution in [0.4, 0.5) is 0 Å². The highest BCUT2D eigenvalue weighted by Gasteiger charge is 2.44. The minimum atomic E-state index is -1.59. The zero-order valence-electron chi connectivity index (χ0n) is 13.1. The van der Waals surface area contributed by atoms with Crippen LogP contribution in [0.1, 0.15) is 0 Å². The Labute approximate surface area is 150 Å². The van der Waals surface area contributed by atoms with E-state index < -0.39 is 7.26 Å². The number of benzene rings is 3. The molecule has 0 radical (unpaired) electrons. The maximum absolute atomic E-state index is 2.30. The monoisotopic (exact) mass is 358 g/mol. The fourth-order valence-electron chi connectivity index (χ4n) is 2.91. The molecule has 0 saturated heterocycles. The normalized spacial score (nSPS) is 10.8. The summed E-state index contributed by atoms with van der Waals surface area (Å²) in [6.07, 6.45) is 2.21. The van der Waals surface area contributed by atoms with Gasteiger partial charge in [-0.1, -0.05) is 54.6 Å². The van der Waals surface area contributed by atoms with E-state index in [1.165, 1.54) is 15.9 Å². The van der Waals surface area contributed by atoms with E-state index in [1.54, 1.807) is 0 Å². The summed E-state index contributed by atoms with van der Waals surface area (Å²) in [5.41, 5.74) is 1.13. The molecule has 0 atom stereocenters. The lowest BCUT2D eigenvalue weighted by Gasteiger charge is -2.26. The summed E-state index contributed by atoms with van der Waals surface area (Å²) in [5, 5.41) is 4.38. The maximum Gasteiger partial charge on any atom is 0.122 e. The SMILES string of the molecule is CSC[P+](c1ccccc1)(c1ccccc1)c1ccccc1.[Cl-]. The van der Waals surface area contributed by atoms with Crippen molar-refractivity contribution in [2.75, 3.05) is 11.7 Å². The van der Waals surface area contributed by atoms with Gasteiger partial charge in [-0.05, 0) is 42.7 Å². The number of thioether (sulfide) groups is 1. The van der Waals surface area contributed by atoms with Crippen molar-refractivity contribution in [2.24, 2.45) is 0 Å². The third-order valence-electron chi connectivity index (χ3n) is 3.91. The molecule has 0 nitrogen and oxygen atoms in total. The van der Waals surface area contributed by atoms with Gasteiger partial charge in [-0.3, -0.25) is 0 Å². The van der Waals surface area contributed by atoms with E-state index in [1.807, 2.05) is 11.8 Å². The Morgan fingerprint density at radius 3 is 1.17 bits per heavy atom. The van der Waals surface area contributed by atoms with Crippen molar-refractivity contribution in [3.8, 4) is 0 Å². The summed E-state index contributed by atoms with van der Waals surface area (Å²) in [6.45, 7) is 0. The van der Waals surface area contributed by atoms with E-state index in [0.717, 1.165) is 5.49 Å². The third-order valence-corrected chi connectivity index (χ3v) is 10.0. The second kappa shape index (κ2) is 8.55. The van der Waals surface area contributed by atoms with Crippen molar-refractivity contribution in [1.82, 2.24) is 0 Å². The zero-order chi connectivity index (χ0) is 15.3. The van der Waals surface area contributed by atoms with Gasteiger partial charge in [-0.2, -0.15) is 0 Å². The molecule has 0 fully saturated rings. The molecule has 0 aliphatic heterocycles. The summed E-state index contributed by atoms with van der Waals surface area (Å²) in [6, 6.07) is 33.1. The highest BCUT2D eigenvalue weighted by Crippen LogP contribution is 2.57. The molecular formula is C20H20ClPS. The van der Waals surface area contributed by atoms with Crippen LogP contribution in [0.15, 0.2) is 91.0 Å². The molecule has 0 aliphatic rings. The lowest BCUT2D eigenvalue weighted by molar-refractivity contribution is -0.00000427. The predicted octanol–water partition coefficient (Wildman–Crippen LogP) is 1.30. The van der Waals surface area contributed by atoms with E-state index in [9.17, 15) is 0 Å². The second-order valence-corrected chi connectivity index (χ2v) is 10.0. The average Bonchev–Trinajstić information content (AvgIpc) is 2.62. The van der Waals surface area contributed by atoms with Crippen LogP contribution in [0.5, 0.6) is 0 Å². The third kappa shape index (κ3) is 3.63. The van der Waals surface area contributed by atoms with Crippen LogP contribution in [0.25, 0.3) is 0 Å². The molecule has 0 aliphatic carbocycles. The van der Waals surface area contributed by atoms with Crippen molar-refractivity contribution < 1.29 is 12.4 Å². The van der Waals surface area contributed by atoms with Crippen molar-refractivity contribution in [2.45, 2.75) is 0 Å². The van der Waals surface area contributed by atoms with Crippen LogP contribution >= 0.6 is 19.0 Å². The van der Waals surface area contributed by atoms with Gasteiger partial charge in [-0.15, -0.1) is 11.8 Å². The van der Waals surface area contributed by atoms with E-state index in [2.05, 4.69) is 97.3 Å². The van der Waals surface area contributed by atoms with Crippen LogP contribution in [0, 0.1) is 0 Å². The van der Waals surface area contributed by atoms with Gasteiger partial charge in [0.05, 0.1) is 0 Å². The lowest BCUT2D eigenvalue weighted by Crippen LogP contribution is -3.00. The van der Waals surface area contributed by atoms with Gasteiger partial charge in [0, 0.05) is 0 Å². The fourth-order valence-corrected chi connectivity index (χ4v) is 9.19. The Bertz CT molecular complexity index is 605. The van der Waals surface area contributed by atoms with Crippen molar-refractivity contribution in [1.29, 1.82) is 0 Å². The Balaban J connectivity index is 0.00000192. The molecular weight excluding hydrogens is 339 g/mol. The Hall–Kier alpha value is -1.27. The van der Waals surface area contributed by atoms with Crippen LogP contribution in [0.3, 0.4) is 0 Å². The second-order valence-electron chi connectivity index (χ2n) is 5.23. The van der Waals surface area contributed by atoms with Gasteiger partial charge in [0.2, 0.25) is 0 Å². The summed E-state index contributed by atoms with van der Waals surface area (Å²) >= 11 is 1.94. The predicted molar refractivity (Wildman–Crippen MR) is 104 cm³/mol. The first-order valence-electron chi connectivity index (χ1n) is 7.42. The molecule has 0 heterocycles. The van der Waals surface area contributed by atoms with Crippen molar-refractivity contribution in [3.05, 3.63) is 91.0 Å². The minimum Gasteiger partial charge on any atom is -1.00 e. The first kappa shape index (κ1) is 18.1. The number of rotatable bonds is 5. The molecule has 3 aromatic carbocycles. The van der Waals surface area contributed by atoms with Crippen LogP contribution in [0.2, 0.25) is 0 Å². The largest absolute Gasteiger partial charge is 1.00 e. The van der Waals surface area contributed by atoms with E-state index >= 15 is 0 Å². The van der Waals surface area contributed by atoms with Gasteiger partial charge in [0.15, 0.2) is 0 Å². The smallest absolute Gasteiger partial charge is 0.122 e. The maximum atomic E-state index is 2.30. The number of halogens is 1. The minimum absolute atomic E-state index is 0. The van der Waals surface area contributed by atoms with Gasteiger partial charge >= 0.3 is 0 Å². The van der Waals surface area contributed by atoms with Gasteiger partial charge in [0.25, 0.3) is 0 Å². The molecule has 0 amide bonds. The van der Waals surface area contributed by atoms with Crippen LogP contribution in [-0.2, 0) is 0 Å². The Kier molecular flexibility index (Phi) is 6.72. The molecule has 3 aromatic rings. The van der Waals surface area contributed by atoms with Crippen molar-refractivity contribution in [3.63, 3.8) is 0 Å². The quantitative estimate of drug-likeness (QED) is 0.620. The summed E-state index contributed by atoms with van der Waals surface area (Å²) in [5.74, 6) is 0. The van der Waals surface area contributed by atoms with Gasteiger partial charge in [-0.25, -0.2) is 0 Å². The highest BCUT2D eigenvalue weighted by molar-refractivity contribution is 8.12. The fraction of sp³-hybridized carbons (Fsp3) is 0.100. The summed E-state index contributed by atoms with van der Waals surface area (Å²) in [4.78, 5) is 0. The molecule has 23 heavy (non-hydrogen) atoms. The van der Waals surface area contributed by atoms with Gasteiger partial charge < -0.3 is 12.4 Å². The van der Waals surface area contributed by atoms with E-state index in [4.69, 9.17) is 0 Å². The molecule has 0 spiro atoms. The number of hydrogen-bond donors (Lipinski definition) is 0. The summed E-state index contributed by atoms with van der Waals surface area (Å²) < 4.78 is 0. The molecule has 0 aromatic heterocycles. The molecule has 0 N–H and O–H groups in total.